The van der Waals surface area contributed by atoms with E-state index in [0.717, 1.165) is 16.8 Å². The van der Waals surface area contributed by atoms with Crippen LogP contribution >= 0.6 is 11.6 Å². The Kier molecular flexibility index (Phi) is 3.67. The maximum atomic E-state index is 10.6. The normalized spacial score (nSPS) is 10.6. The summed E-state index contributed by atoms with van der Waals surface area (Å²) in [5.41, 5.74) is 2.66. The second-order valence-corrected chi connectivity index (χ2v) is 4.55. The van der Waals surface area contributed by atoms with E-state index < -0.39 is 5.97 Å². The Morgan fingerprint density at radius 1 is 1.33 bits per heavy atom. The number of aliphatic carboxylic acids is 1. The Bertz CT molecular complexity index is 541. The summed E-state index contributed by atoms with van der Waals surface area (Å²) in [5.74, 6) is -0.822. The highest BCUT2D eigenvalue weighted by Crippen LogP contribution is 2.14. The third-order valence-corrected chi connectivity index (χ3v) is 2.98. The highest BCUT2D eigenvalue weighted by Gasteiger charge is 2.04. The quantitative estimate of drug-likeness (QED) is 0.923. The third-order valence-electron chi connectivity index (χ3n) is 2.61. The van der Waals surface area contributed by atoms with Crippen LogP contribution < -0.4 is 0 Å². The van der Waals surface area contributed by atoms with Crippen LogP contribution in [0.25, 0.3) is 0 Å². The lowest BCUT2D eigenvalue weighted by atomic mass is 10.1. The maximum Gasteiger partial charge on any atom is 0.307 e. The van der Waals surface area contributed by atoms with E-state index in [4.69, 9.17) is 16.7 Å². The molecule has 1 aromatic carbocycles. The summed E-state index contributed by atoms with van der Waals surface area (Å²) in [6.07, 6.45) is 1.83. The molecule has 18 heavy (non-hydrogen) atoms. The van der Waals surface area contributed by atoms with Gasteiger partial charge in [-0.1, -0.05) is 35.9 Å². The fourth-order valence-corrected chi connectivity index (χ4v) is 1.85. The van der Waals surface area contributed by atoms with Gasteiger partial charge in [0.25, 0.3) is 0 Å². The van der Waals surface area contributed by atoms with Crippen LogP contribution in [0.5, 0.6) is 0 Å². The number of rotatable bonds is 4. The molecule has 1 heterocycles. The van der Waals surface area contributed by atoms with Gasteiger partial charge in [0.05, 0.1) is 23.7 Å². The lowest BCUT2D eigenvalue weighted by Crippen LogP contribution is -2.02. The molecule has 0 bridgehead atoms. The van der Waals surface area contributed by atoms with E-state index in [1.54, 1.807) is 10.9 Å². The molecule has 0 unspecified atom stereocenters. The minimum atomic E-state index is -0.822. The first-order chi connectivity index (χ1) is 8.54. The van der Waals surface area contributed by atoms with Crippen molar-refractivity contribution in [2.75, 3.05) is 0 Å². The monoisotopic (exact) mass is 264 g/mol. The molecule has 0 spiro atoms. The van der Waals surface area contributed by atoms with Crippen molar-refractivity contribution in [3.05, 3.63) is 52.3 Å². The summed E-state index contributed by atoms with van der Waals surface area (Å²) >= 11 is 5.93. The highest BCUT2D eigenvalue weighted by molar-refractivity contribution is 6.31. The maximum absolute atomic E-state index is 10.6. The molecular weight excluding hydrogens is 252 g/mol. The van der Waals surface area contributed by atoms with Crippen LogP contribution in [0.2, 0.25) is 5.02 Å². The zero-order chi connectivity index (χ0) is 13.1. The van der Waals surface area contributed by atoms with Crippen molar-refractivity contribution in [2.24, 2.45) is 0 Å². The van der Waals surface area contributed by atoms with Gasteiger partial charge in [-0.05, 0) is 18.1 Å². The van der Waals surface area contributed by atoms with E-state index in [2.05, 4.69) is 5.10 Å². The molecule has 0 amide bonds. The van der Waals surface area contributed by atoms with Gasteiger partial charge in [0, 0.05) is 6.20 Å². The lowest BCUT2D eigenvalue weighted by Gasteiger charge is -2.03. The molecule has 0 saturated carbocycles. The number of carboxylic acids is 1. The molecule has 0 radical (unpaired) electrons. The number of halogens is 1. The first kappa shape index (κ1) is 12.6. The van der Waals surface area contributed by atoms with Gasteiger partial charge in [-0.3, -0.25) is 9.48 Å². The van der Waals surface area contributed by atoms with Crippen molar-refractivity contribution in [3.63, 3.8) is 0 Å². The Labute approximate surface area is 110 Å². The average molecular weight is 265 g/mol. The molecule has 2 rings (SSSR count). The summed E-state index contributed by atoms with van der Waals surface area (Å²) in [6, 6.07) is 7.45. The Hall–Kier alpha value is -1.81. The number of nitrogens with zero attached hydrogens (tertiary/aromatic N) is 2. The summed E-state index contributed by atoms with van der Waals surface area (Å²) in [5, 5.41) is 13.6. The average Bonchev–Trinajstić information content (AvgIpc) is 2.60. The number of carboxylic acid groups (broad SMARTS) is 1. The minimum Gasteiger partial charge on any atom is -0.481 e. The van der Waals surface area contributed by atoms with Crippen LogP contribution in [0.15, 0.2) is 30.5 Å². The highest BCUT2D eigenvalue weighted by atomic mass is 35.5. The summed E-state index contributed by atoms with van der Waals surface area (Å²) < 4.78 is 1.77. The van der Waals surface area contributed by atoms with Gasteiger partial charge in [0.15, 0.2) is 0 Å². The van der Waals surface area contributed by atoms with Crippen molar-refractivity contribution in [1.29, 1.82) is 0 Å². The molecule has 2 aromatic rings. The number of benzene rings is 1. The molecule has 1 aromatic heterocycles. The van der Waals surface area contributed by atoms with Crippen LogP contribution in [0.4, 0.5) is 0 Å². The zero-order valence-corrected chi connectivity index (χ0v) is 10.7. The van der Waals surface area contributed by atoms with E-state index in [0.29, 0.717) is 11.6 Å². The topological polar surface area (TPSA) is 55.1 Å². The fourth-order valence-electron chi connectivity index (χ4n) is 1.70. The van der Waals surface area contributed by atoms with Gasteiger partial charge in [0.1, 0.15) is 0 Å². The molecule has 94 valence electrons. The Balaban J connectivity index is 2.08. The second kappa shape index (κ2) is 5.23. The van der Waals surface area contributed by atoms with E-state index in [-0.39, 0.29) is 6.42 Å². The lowest BCUT2D eigenvalue weighted by molar-refractivity contribution is -0.136. The predicted molar refractivity (Wildman–Crippen MR) is 68.9 cm³/mol. The standard InChI is InChI=1S/C13H13ClN2O2/c1-9-12(14)8-16(15-9)7-11-4-2-10(3-5-11)6-13(17)18/h2-5,8H,6-7H2,1H3,(H,17,18). The number of hydrogen-bond acceptors (Lipinski definition) is 2. The van der Waals surface area contributed by atoms with Gasteiger partial charge in [-0.2, -0.15) is 5.10 Å². The van der Waals surface area contributed by atoms with Crippen LogP contribution in [0, 0.1) is 6.92 Å². The molecule has 5 heteroatoms. The Morgan fingerprint density at radius 2 is 1.94 bits per heavy atom. The number of carbonyl (C=O) groups is 1. The van der Waals surface area contributed by atoms with Gasteiger partial charge in [-0.25, -0.2) is 0 Å². The first-order valence-corrected chi connectivity index (χ1v) is 5.91. The van der Waals surface area contributed by atoms with Crippen LogP contribution in [-0.2, 0) is 17.8 Å². The van der Waals surface area contributed by atoms with E-state index >= 15 is 0 Å². The minimum absolute atomic E-state index is 0.0486. The fraction of sp³-hybridized carbons (Fsp3) is 0.231. The summed E-state index contributed by atoms with van der Waals surface area (Å²) in [6.45, 7) is 2.48. The molecule has 1 N–H and O–H groups in total. The van der Waals surface area contributed by atoms with Gasteiger partial charge < -0.3 is 5.11 Å². The van der Waals surface area contributed by atoms with E-state index in [1.165, 1.54) is 0 Å². The molecular formula is C13H13ClN2O2. The second-order valence-electron chi connectivity index (χ2n) is 4.15. The molecule has 0 saturated heterocycles. The van der Waals surface area contributed by atoms with Crippen LogP contribution in [-0.4, -0.2) is 20.9 Å². The number of hydrogen-bond donors (Lipinski definition) is 1. The molecule has 0 atom stereocenters. The van der Waals surface area contributed by atoms with Crippen molar-refractivity contribution < 1.29 is 9.90 Å². The molecule has 0 aliphatic heterocycles. The third kappa shape index (κ3) is 3.11. The van der Waals surface area contributed by atoms with Crippen molar-refractivity contribution in [1.82, 2.24) is 9.78 Å². The summed E-state index contributed by atoms with van der Waals surface area (Å²) in [4.78, 5) is 10.6. The van der Waals surface area contributed by atoms with Gasteiger partial charge in [-0.15, -0.1) is 0 Å². The van der Waals surface area contributed by atoms with Crippen molar-refractivity contribution in [3.8, 4) is 0 Å². The summed E-state index contributed by atoms with van der Waals surface area (Å²) in [7, 11) is 0. The van der Waals surface area contributed by atoms with Crippen LogP contribution in [0.1, 0.15) is 16.8 Å². The van der Waals surface area contributed by atoms with Gasteiger partial charge in [0.2, 0.25) is 0 Å². The molecule has 0 aliphatic carbocycles. The SMILES string of the molecule is Cc1nn(Cc2ccc(CC(=O)O)cc2)cc1Cl. The Morgan fingerprint density at radius 3 is 2.44 bits per heavy atom. The van der Waals surface area contributed by atoms with Gasteiger partial charge >= 0.3 is 5.97 Å². The molecule has 0 fully saturated rings. The zero-order valence-electron chi connectivity index (χ0n) is 9.93. The molecule has 4 nitrogen and oxygen atoms in total. The van der Waals surface area contributed by atoms with Crippen LogP contribution in [0.3, 0.4) is 0 Å². The molecule has 0 aliphatic rings. The number of aryl methyl sites for hydroxylation is 1. The largest absolute Gasteiger partial charge is 0.481 e. The first-order valence-electron chi connectivity index (χ1n) is 5.54. The van der Waals surface area contributed by atoms with Crippen molar-refractivity contribution >= 4 is 17.6 Å². The predicted octanol–water partition coefficient (Wildman–Crippen LogP) is 2.52. The van der Waals surface area contributed by atoms with E-state index in [9.17, 15) is 4.79 Å². The van der Waals surface area contributed by atoms with E-state index in [1.807, 2.05) is 31.2 Å². The van der Waals surface area contributed by atoms with Crippen molar-refractivity contribution in [2.45, 2.75) is 19.9 Å². The smallest absolute Gasteiger partial charge is 0.307 e. The number of aromatic nitrogens is 2.